The number of nitrogens with zero attached hydrogens (tertiary/aromatic N) is 4. The summed E-state index contributed by atoms with van der Waals surface area (Å²) < 4.78 is 1.59. The van der Waals surface area contributed by atoms with E-state index >= 15 is 0 Å². The first-order chi connectivity index (χ1) is 12.7. The molecule has 0 aliphatic heterocycles. The lowest BCUT2D eigenvalue weighted by molar-refractivity contribution is 0.102. The Kier molecular flexibility index (Phi) is 4.47. The molecule has 3 aromatic heterocycles. The van der Waals surface area contributed by atoms with Gasteiger partial charge in [-0.2, -0.15) is 5.10 Å². The molecular formula is C18H12ClN5OS. The highest BCUT2D eigenvalue weighted by molar-refractivity contribution is 7.13. The Morgan fingerprint density at radius 1 is 1.12 bits per heavy atom. The molecule has 0 aliphatic carbocycles. The maximum Gasteiger partial charge on any atom is 0.275 e. The second-order valence-electron chi connectivity index (χ2n) is 5.32. The molecule has 3 heterocycles. The number of amides is 1. The normalized spacial score (nSPS) is 10.7. The number of pyridine rings is 1. The molecule has 26 heavy (non-hydrogen) atoms. The molecule has 8 heteroatoms. The van der Waals surface area contributed by atoms with E-state index in [0.29, 0.717) is 22.2 Å². The van der Waals surface area contributed by atoms with Crippen LogP contribution >= 0.6 is 22.9 Å². The molecule has 6 nitrogen and oxygen atoms in total. The third-order valence-electron chi connectivity index (χ3n) is 3.58. The molecule has 0 fully saturated rings. The Morgan fingerprint density at radius 2 is 1.96 bits per heavy atom. The monoisotopic (exact) mass is 381 g/mol. The van der Waals surface area contributed by atoms with Gasteiger partial charge in [0.1, 0.15) is 10.7 Å². The van der Waals surface area contributed by atoms with E-state index in [-0.39, 0.29) is 5.91 Å². The molecule has 0 saturated heterocycles. The van der Waals surface area contributed by atoms with Crippen molar-refractivity contribution in [3.05, 3.63) is 77.2 Å². The fraction of sp³-hybridized carbons (Fsp3) is 0. The van der Waals surface area contributed by atoms with E-state index in [1.807, 2.05) is 12.1 Å². The number of nitrogens with one attached hydrogen (secondary N) is 1. The number of carbonyl (C=O) groups is 1. The van der Waals surface area contributed by atoms with Gasteiger partial charge in [-0.3, -0.25) is 4.79 Å². The van der Waals surface area contributed by atoms with Gasteiger partial charge < -0.3 is 5.32 Å². The molecule has 0 bridgehead atoms. The van der Waals surface area contributed by atoms with Gasteiger partial charge >= 0.3 is 0 Å². The van der Waals surface area contributed by atoms with Crippen LogP contribution < -0.4 is 5.32 Å². The Bertz CT molecular complexity index is 1040. The number of hydrogen-bond acceptors (Lipinski definition) is 5. The van der Waals surface area contributed by atoms with Gasteiger partial charge in [0, 0.05) is 34.6 Å². The van der Waals surface area contributed by atoms with Crippen LogP contribution in [0, 0.1) is 0 Å². The number of anilines is 1. The molecule has 1 amide bonds. The number of halogens is 1. The molecule has 0 unspecified atom stereocenters. The second-order valence-corrected chi connectivity index (χ2v) is 6.62. The largest absolute Gasteiger partial charge is 0.317 e. The smallest absolute Gasteiger partial charge is 0.275 e. The average molecular weight is 382 g/mol. The van der Waals surface area contributed by atoms with Crippen molar-refractivity contribution in [1.82, 2.24) is 19.7 Å². The number of hydrogen-bond donors (Lipinski definition) is 1. The minimum Gasteiger partial charge on any atom is -0.317 e. The van der Waals surface area contributed by atoms with Crippen molar-refractivity contribution < 1.29 is 4.79 Å². The van der Waals surface area contributed by atoms with Crippen LogP contribution in [-0.4, -0.2) is 25.7 Å². The zero-order valence-electron chi connectivity index (χ0n) is 13.3. The summed E-state index contributed by atoms with van der Waals surface area (Å²) in [4.78, 5) is 21.3. The molecule has 1 N–H and O–H groups in total. The first-order valence-electron chi connectivity index (χ1n) is 7.68. The number of thiazole rings is 1. The molecule has 0 aliphatic rings. The van der Waals surface area contributed by atoms with Crippen LogP contribution in [0.5, 0.6) is 0 Å². The van der Waals surface area contributed by atoms with Gasteiger partial charge in [-0.05, 0) is 30.3 Å². The maximum absolute atomic E-state index is 12.6. The molecule has 0 atom stereocenters. The molecule has 0 radical (unpaired) electrons. The summed E-state index contributed by atoms with van der Waals surface area (Å²) in [5.74, 6) is 0.238. The van der Waals surface area contributed by atoms with E-state index in [1.165, 1.54) is 11.3 Å². The first-order valence-corrected chi connectivity index (χ1v) is 8.94. The van der Waals surface area contributed by atoms with E-state index < -0.39 is 0 Å². The highest BCUT2D eigenvalue weighted by atomic mass is 35.5. The Labute approximate surface area is 158 Å². The minimum atomic E-state index is -0.303. The average Bonchev–Trinajstić information content (AvgIpc) is 3.35. The summed E-state index contributed by atoms with van der Waals surface area (Å²) in [5, 5.41) is 10.1. The fourth-order valence-electron chi connectivity index (χ4n) is 2.36. The zero-order chi connectivity index (χ0) is 17.9. The number of benzene rings is 1. The maximum atomic E-state index is 12.6. The van der Waals surface area contributed by atoms with Crippen LogP contribution in [0.2, 0.25) is 5.02 Å². The van der Waals surface area contributed by atoms with Crippen LogP contribution in [0.15, 0.2) is 66.4 Å². The van der Waals surface area contributed by atoms with E-state index in [2.05, 4.69) is 20.4 Å². The molecule has 128 valence electrons. The lowest BCUT2D eigenvalue weighted by Gasteiger charge is -2.08. The quantitative estimate of drug-likeness (QED) is 0.572. The van der Waals surface area contributed by atoms with Crippen molar-refractivity contribution >= 4 is 34.5 Å². The van der Waals surface area contributed by atoms with Crippen LogP contribution in [0.3, 0.4) is 0 Å². The molecular weight excluding hydrogens is 370 g/mol. The highest BCUT2D eigenvalue weighted by Gasteiger charge is 2.15. The van der Waals surface area contributed by atoms with Crippen LogP contribution in [-0.2, 0) is 0 Å². The number of rotatable bonds is 4. The van der Waals surface area contributed by atoms with Crippen LogP contribution in [0.25, 0.3) is 16.4 Å². The second kappa shape index (κ2) is 7.07. The van der Waals surface area contributed by atoms with Gasteiger partial charge in [0.25, 0.3) is 5.91 Å². The summed E-state index contributed by atoms with van der Waals surface area (Å²) >= 11 is 7.31. The minimum absolute atomic E-state index is 0.303. The molecule has 0 saturated carbocycles. The standard InChI is InChI=1S/C18H12ClN5OS/c19-13-6-4-12(5-7-13)18-23-15(11-26-18)17(25)22-14-3-1-8-20-16(14)24-10-2-9-21-24/h1-11H,(H,22,25). The lowest BCUT2D eigenvalue weighted by Crippen LogP contribution is -2.15. The van der Waals surface area contributed by atoms with E-state index in [0.717, 1.165) is 10.6 Å². The third-order valence-corrected chi connectivity index (χ3v) is 4.73. The topological polar surface area (TPSA) is 72.7 Å². The van der Waals surface area contributed by atoms with Gasteiger partial charge in [-0.15, -0.1) is 11.3 Å². The van der Waals surface area contributed by atoms with Gasteiger partial charge in [-0.25, -0.2) is 14.6 Å². The van der Waals surface area contributed by atoms with Gasteiger partial charge in [0.2, 0.25) is 0 Å². The van der Waals surface area contributed by atoms with Gasteiger partial charge in [0.15, 0.2) is 5.82 Å². The molecule has 1 aromatic carbocycles. The lowest BCUT2D eigenvalue weighted by atomic mass is 10.2. The Hall–Kier alpha value is -3.03. The van der Waals surface area contributed by atoms with Crippen molar-refractivity contribution in [3.63, 3.8) is 0 Å². The Balaban J connectivity index is 1.58. The third kappa shape index (κ3) is 3.35. The van der Waals surface area contributed by atoms with Gasteiger partial charge in [-0.1, -0.05) is 23.7 Å². The zero-order valence-corrected chi connectivity index (χ0v) is 14.9. The Morgan fingerprint density at radius 3 is 2.73 bits per heavy atom. The van der Waals surface area contributed by atoms with E-state index in [4.69, 9.17) is 11.6 Å². The predicted octanol–water partition coefficient (Wildman–Crippen LogP) is 4.30. The first kappa shape index (κ1) is 16.4. The van der Waals surface area contributed by atoms with E-state index in [1.54, 1.807) is 59.0 Å². The molecule has 4 rings (SSSR count). The van der Waals surface area contributed by atoms with Crippen LogP contribution in [0.1, 0.15) is 10.5 Å². The fourth-order valence-corrected chi connectivity index (χ4v) is 3.29. The molecule has 0 spiro atoms. The van der Waals surface area contributed by atoms with Crippen molar-refractivity contribution in [3.8, 4) is 16.4 Å². The summed E-state index contributed by atoms with van der Waals surface area (Å²) in [6, 6.07) is 12.7. The predicted molar refractivity (Wildman–Crippen MR) is 102 cm³/mol. The highest BCUT2D eigenvalue weighted by Crippen LogP contribution is 2.26. The summed E-state index contributed by atoms with van der Waals surface area (Å²) in [6.07, 6.45) is 5.06. The van der Waals surface area contributed by atoms with Crippen molar-refractivity contribution in [2.75, 3.05) is 5.32 Å². The van der Waals surface area contributed by atoms with E-state index in [9.17, 15) is 4.79 Å². The van der Waals surface area contributed by atoms with Crippen molar-refractivity contribution in [1.29, 1.82) is 0 Å². The summed E-state index contributed by atoms with van der Waals surface area (Å²) in [5.41, 5.74) is 1.81. The van der Waals surface area contributed by atoms with Gasteiger partial charge in [0.05, 0.1) is 5.69 Å². The summed E-state index contributed by atoms with van der Waals surface area (Å²) in [6.45, 7) is 0. The number of carbonyl (C=O) groups excluding carboxylic acids is 1. The van der Waals surface area contributed by atoms with Crippen molar-refractivity contribution in [2.45, 2.75) is 0 Å². The summed E-state index contributed by atoms with van der Waals surface area (Å²) in [7, 11) is 0. The molecule has 4 aromatic rings. The van der Waals surface area contributed by atoms with Crippen LogP contribution in [0.4, 0.5) is 5.69 Å². The SMILES string of the molecule is O=C(Nc1cccnc1-n1cccn1)c1csc(-c2ccc(Cl)cc2)n1. The van der Waals surface area contributed by atoms with Crippen molar-refractivity contribution in [2.24, 2.45) is 0 Å². The number of aromatic nitrogens is 4.